The van der Waals surface area contributed by atoms with Gasteiger partial charge in [0.15, 0.2) is 11.5 Å². The lowest BCUT2D eigenvalue weighted by molar-refractivity contribution is -0.383. The molecule has 0 radical (unpaired) electrons. The molecule has 0 aliphatic carbocycles. The Bertz CT molecular complexity index is 786. The van der Waals surface area contributed by atoms with Crippen molar-refractivity contribution in [3.8, 4) is 11.5 Å². The van der Waals surface area contributed by atoms with E-state index < -0.39 is 4.92 Å². The Balaban J connectivity index is 1.71. The molecule has 0 bridgehead atoms. The molecular weight excluding hydrogens is 342 g/mol. The summed E-state index contributed by atoms with van der Waals surface area (Å²) in [5.74, 6) is 1.66. The van der Waals surface area contributed by atoms with Crippen LogP contribution < -0.4 is 20.1 Å². The molecule has 0 fully saturated rings. The summed E-state index contributed by atoms with van der Waals surface area (Å²) in [6.07, 6.45) is 1.99. The van der Waals surface area contributed by atoms with E-state index in [1.54, 1.807) is 13.2 Å². The molecule has 0 unspecified atom stereocenters. The molecule has 2 aromatic rings. The van der Waals surface area contributed by atoms with Crippen molar-refractivity contribution >= 4 is 17.3 Å². The van der Waals surface area contributed by atoms with Crippen molar-refractivity contribution in [3.05, 3.63) is 40.2 Å². The van der Waals surface area contributed by atoms with E-state index in [0.29, 0.717) is 37.6 Å². The quantitative estimate of drug-likeness (QED) is 0.393. The normalized spacial score (nSPS) is 12.0. The van der Waals surface area contributed by atoms with Gasteiger partial charge in [-0.1, -0.05) is 6.07 Å². The summed E-state index contributed by atoms with van der Waals surface area (Å²) in [5, 5.41) is 17.4. The molecule has 138 valence electrons. The molecule has 0 atom stereocenters. The fraction of sp³-hybridized carbons (Fsp3) is 0.375. The first-order valence-corrected chi connectivity index (χ1v) is 8.03. The number of fused-ring (bicyclic) bond motifs is 1. The van der Waals surface area contributed by atoms with Gasteiger partial charge in [0.1, 0.15) is 6.33 Å². The number of benzene rings is 1. The molecule has 0 saturated carbocycles. The number of rotatable bonds is 9. The third-order valence-corrected chi connectivity index (χ3v) is 3.72. The van der Waals surface area contributed by atoms with Gasteiger partial charge in [0.25, 0.3) is 0 Å². The average molecular weight is 361 g/mol. The first-order valence-electron chi connectivity index (χ1n) is 8.03. The molecule has 10 heteroatoms. The van der Waals surface area contributed by atoms with Crippen molar-refractivity contribution in [1.82, 2.24) is 9.97 Å². The van der Waals surface area contributed by atoms with Gasteiger partial charge in [-0.2, -0.15) is 0 Å². The molecule has 1 aliphatic rings. The van der Waals surface area contributed by atoms with Crippen molar-refractivity contribution in [2.24, 2.45) is 0 Å². The summed E-state index contributed by atoms with van der Waals surface area (Å²) < 4.78 is 15.6. The topological polar surface area (TPSA) is 121 Å². The van der Waals surface area contributed by atoms with Crippen LogP contribution in [0.25, 0.3) is 0 Å². The second-order valence-corrected chi connectivity index (χ2v) is 5.49. The summed E-state index contributed by atoms with van der Waals surface area (Å²) in [4.78, 5) is 19.0. The van der Waals surface area contributed by atoms with E-state index in [2.05, 4.69) is 20.6 Å². The Morgan fingerprint density at radius 3 is 2.77 bits per heavy atom. The number of nitrogens with zero attached hydrogens (tertiary/aromatic N) is 3. The van der Waals surface area contributed by atoms with E-state index in [1.165, 1.54) is 6.33 Å². The van der Waals surface area contributed by atoms with Crippen molar-refractivity contribution in [2.45, 2.75) is 13.0 Å². The summed E-state index contributed by atoms with van der Waals surface area (Å²) in [5.41, 5.74) is 0.697. The lowest BCUT2D eigenvalue weighted by Gasteiger charge is -2.10. The maximum atomic E-state index is 11.5. The largest absolute Gasteiger partial charge is 0.454 e. The zero-order valence-electron chi connectivity index (χ0n) is 14.2. The summed E-state index contributed by atoms with van der Waals surface area (Å²) in [6.45, 7) is 1.60. The Kier molecular flexibility index (Phi) is 5.64. The summed E-state index contributed by atoms with van der Waals surface area (Å²) in [7, 11) is 1.60. The van der Waals surface area contributed by atoms with Gasteiger partial charge in [0.05, 0.1) is 4.92 Å². The molecule has 3 rings (SSSR count). The van der Waals surface area contributed by atoms with E-state index in [4.69, 9.17) is 14.2 Å². The average Bonchev–Trinajstić information content (AvgIpc) is 3.11. The van der Waals surface area contributed by atoms with Crippen LogP contribution in [0.5, 0.6) is 11.5 Å². The van der Waals surface area contributed by atoms with Crippen LogP contribution in [0.3, 0.4) is 0 Å². The smallest absolute Gasteiger partial charge is 0.353 e. The minimum atomic E-state index is -0.499. The molecular formula is C16H19N5O5. The first-order chi connectivity index (χ1) is 12.7. The van der Waals surface area contributed by atoms with Crippen molar-refractivity contribution in [2.75, 3.05) is 37.7 Å². The van der Waals surface area contributed by atoms with Crippen LogP contribution in [0.2, 0.25) is 0 Å². The molecule has 0 saturated heterocycles. The first kappa shape index (κ1) is 17.7. The van der Waals surface area contributed by atoms with Crippen LogP contribution in [0.4, 0.5) is 17.3 Å². The van der Waals surface area contributed by atoms with Crippen molar-refractivity contribution < 1.29 is 19.1 Å². The third-order valence-electron chi connectivity index (χ3n) is 3.72. The number of aromatic nitrogens is 2. The molecule has 10 nitrogen and oxygen atoms in total. The van der Waals surface area contributed by atoms with E-state index >= 15 is 0 Å². The standard InChI is InChI=1S/C16H19N5O5/c1-24-6-2-5-17-15-14(21(22)23)16(20-9-19-15)18-8-11-3-4-12-13(7-11)26-10-25-12/h3-4,7,9H,2,5-6,8,10H2,1H3,(H2,17,18,19,20). The second-order valence-electron chi connectivity index (χ2n) is 5.49. The van der Waals surface area contributed by atoms with Gasteiger partial charge in [-0.25, -0.2) is 9.97 Å². The van der Waals surface area contributed by atoms with Crippen LogP contribution in [0.1, 0.15) is 12.0 Å². The Morgan fingerprint density at radius 2 is 2.00 bits per heavy atom. The van der Waals surface area contributed by atoms with Gasteiger partial charge in [0.2, 0.25) is 18.4 Å². The fourth-order valence-corrected chi connectivity index (χ4v) is 2.47. The zero-order chi connectivity index (χ0) is 18.4. The number of methoxy groups -OCH3 is 1. The lowest BCUT2D eigenvalue weighted by atomic mass is 10.2. The predicted molar refractivity (Wildman–Crippen MR) is 93.6 cm³/mol. The molecule has 1 aromatic heterocycles. The molecule has 1 aromatic carbocycles. The molecule has 1 aliphatic heterocycles. The van der Waals surface area contributed by atoms with Crippen molar-refractivity contribution in [3.63, 3.8) is 0 Å². The van der Waals surface area contributed by atoms with Crippen molar-refractivity contribution in [1.29, 1.82) is 0 Å². The summed E-state index contributed by atoms with van der Waals surface area (Å²) >= 11 is 0. The van der Waals surface area contributed by atoms with E-state index in [0.717, 1.165) is 5.56 Å². The third kappa shape index (κ3) is 4.09. The highest BCUT2D eigenvalue weighted by Crippen LogP contribution is 2.33. The van der Waals surface area contributed by atoms with Gasteiger partial charge < -0.3 is 24.8 Å². The van der Waals surface area contributed by atoms with E-state index in [-0.39, 0.29) is 24.1 Å². The highest BCUT2D eigenvalue weighted by atomic mass is 16.7. The number of hydrogen-bond donors (Lipinski definition) is 2. The predicted octanol–water partition coefficient (Wildman–Crippen LogP) is 2.17. The number of ether oxygens (including phenoxy) is 3. The van der Waals surface area contributed by atoms with Gasteiger partial charge in [-0.05, 0) is 24.1 Å². The molecule has 2 N–H and O–H groups in total. The highest BCUT2D eigenvalue weighted by Gasteiger charge is 2.23. The molecule has 26 heavy (non-hydrogen) atoms. The molecule has 0 spiro atoms. The number of anilines is 2. The summed E-state index contributed by atoms with van der Waals surface area (Å²) in [6, 6.07) is 5.49. The Hall–Kier alpha value is -3.14. The SMILES string of the molecule is COCCCNc1ncnc(NCc2ccc3c(c2)OCO3)c1[N+](=O)[O-]. The number of nitro groups is 1. The monoisotopic (exact) mass is 361 g/mol. The Labute approximate surface area is 149 Å². The van der Waals surface area contributed by atoms with Crippen LogP contribution >= 0.6 is 0 Å². The van der Waals surface area contributed by atoms with Gasteiger partial charge in [-0.3, -0.25) is 10.1 Å². The number of hydrogen-bond acceptors (Lipinski definition) is 9. The number of nitrogens with one attached hydrogen (secondary N) is 2. The van der Waals surface area contributed by atoms with Gasteiger partial charge in [-0.15, -0.1) is 0 Å². The van der Waals surface area contributed by atoms with E-state index in [9.17, 15) is 10.1 Å². The van der Waals surface area contributed by atoms with Crippen LogP contribution in [0, 0.1) is 10.1 Å². The van der Waals surface area contributed by atoms with Gasteiger partial charge in [0, 0.05) is 26.8 Å². The highest BCUT2D eigenvalue weighted by molar-refractivity contribution is 5.69. The lowest BCUT2D eigenvalue weighted by Crippen LogP contribution is -2.11. The fourth-order valence-electron chi connectivity index (χ4n) is 2.47. The Morgan fingerprint density at radius 1 is 1.23 bits per heavy atom. The minimum Gasteiger partial charge on any atom is -0.454 e. The minimum absolute atomic E-state index is 0.150. The van der Waals surface area contributed by atoms with Crippen LogP contribution in [0.15, 0.2) is 24.5 Å². The van der Waals surface area contributed by atoms with Crippen LogP contribution in [-0.4, -0.2) is 41.9 Å². The van der Waals surface area contributed by atoms with Gasteiger partial charge >= 0.3 is 5.69 Å². The van der Waals surface area contributed by atoms with E-state index in [1.807, 2.05) is 12.1 Å². The zero-order valence-corrected chi connectivity index (χ0v) is 14.2. The second kappa shape index (κ2) is 8.30. The maximum absolute atomic E-state index is 11.5. The maximum Gasteiger partial charge on any atom is 0.353 e. The molecule has 0 amide bonds. The van der Waals surface area contributed by atoms with Crippen LogP contribution in [-0.2, 0) is 11.3 Å². The molecule has 2 heterocycles.